The molecular weight excluding hydrogens is 401 g/mol. The Balaban J connectivity index is 1.71. The van der Waals surface area contributed by atoms with Gasteiger partial charge < -0.3 is 15.0 Å². The maximum Gasteiger partial charge on any atom is 0.418 e. The molecule has 2 amide bonds. The zero-order chi connectivity index (χ0) is 22.1. The molecule has 0 saturated heterocycles. The standard InChI is InChI=1S/C21H19F3N2O4/c1-20(11-13-7-3-4-8-14(13)18(28)30-20)19(29)26(2)12-17(27)25-16-10-6-5-9-15(16)21(22,23)24/h3-10H,11-12H2,1-2H3,(H,25,27). The Morgan fingerprint density at radius 1 is 1.13 bits per heavy atom. The highest BCUT2D eigenvalue weighted by Gasteiger charge is 2.44. The fourth-order valence-electron chi connectivity index (χ4n) is 3.37. The van der Waals surface area contributed by atoms with Gasteiger partial charge in [-0.05, 0) is 30.7 Å². The van der Waals surface area contributed by atoms with Gasteiger partial charge in [-0.3, -0.25) is 9.59 Å². The Labute approximate surface area is 170 Å². The number of likely N-dealkylation sites (N-methyl/N-ethyl adjacent to an activating group) is 1. The van der Waals surface area contributed by atoms with Crippen LogP contribution in [-0.4, -0.2) is 41.9 Å². The summed E-state index contributed by atoms with van der Waals surface area (Å²) in [6.45, 7) is 0.927. The molecule has 158 valence electrons. The Kier molecular flexibility index (Phi) is 5.56. The van der Waals surface area contributed by atoms with E-state index in [0.29, 0.717) is 11.1 Å². The number of anilines is 1. The SMILES string of the molecule is CN(CC(=O)Nc1ccccc1C(F)(F)F)C(=O)C1(C)Cc2ccccc2C(=O)O1. The van der Waals surface area contributed by atoms with Gasteiger partial charge in [0.05, 0.1) is 23.4 Å². The summed E-state index contributed by atoms with van der Waals surface area (Å²) < 4.78 is 44.6. The van der Waals surface area contributed by atoms with E-state index in [9.17, 15) is 27.6 Å². The predicted octanol–water partition coefficient (Wildman–Crippen LogP) is 3.27. The monoisotopic (exact) mass is 420 g/mol. The van der Waals surface area contributed by atoms with Crippen molar-refractivity contribution in [2.24, 2.45) is 0 Å². The average molecular weight is 420 g/mol. The first-order valence-corrected chi connectivity index (χ1v) is 9.04. The molecule has 30 heavy (non-hydrogen) atoms. The summed E-state index contributed by atoms with van der Waals surface area (Å²) in [7, 11) is 1.32. The lowest BCUT2D eigenvalue weighted by Gasteiger charge is -2.35. The summed E-state index contributed by atoms with van der Waals surface area (Å²) in [5, 5.41) is 2.18. The second-order valence-electron chi connectivity index (χ2n) is 7.21. The largest absolute Gasteiger partial charge is 0.445 e. The van der Waals surface area contributed by atoms with Crippen molar-refractivity contribution in [2.45, 2.75) is 25.1 Å². The van der Waals surface area contributed by atoms with Crippen molar-refractivity contribution < 1.29 is 32.3 Å². The highest BCUT2D eigenvalue weighted by atomic mass is 19.4. The van der Waals surface area contributed by atoms with E-state index in [1.807, 2.05) is 0 Å². The summed E-state index contributed by atoms with van der Waals surface area (Å²) in [5.74, 6) is -2.09. The molecule has 0 aliphatic carbocycles. The van der Waals surface area contributed by atoms with Crippen LogP contribution in [0.25, 0.3) is 0 Å². The van der Waals surface area contributed by atoms with Crippen LogP contribution in [0.4, 0.5) is 18.9 Å². The number of ether oxygens (including phenoxy) is 1. The molecule has 6 nitrogen and oxygen atoms in total. The third-order valence-electron chi connectivity index (χ3n) is 4.77. The number of amides is 2. The van der Waals surface area contributed by atoms with Crippen LogP contribution in [0, 0.1) is 0 Å². The number of nitrogens with zero attached hydrogens (tertiary/aromatic N) is 1. The number of fused-ring (bicyclic) bond motifs is 1. The van der Waals surface area contributed by atoms with Gasteiger partial charge in [0.15, 0.2) is 5.60 Å². The van der Waals surface area contributed by atoms with E-state index in [2.05, 4.69) is 5.32 Å². The average Bonchev–Trinajstić information content (AvgIpc) is 2.66. The second kappa shape index (κ2) is 7.81. The van der Waals surface area contributed by atoms with E-state index >= 15 is 0 Å². The fraction of sp³-hybridized carbons (Fsp3) is 0.286. The fourth-order valence-corrected chi connectivity index (χ4v) is 3.37. The molecule has 1 aliphatic rings. The zero-order valence-corrected chi connectivity index (χ0v) is 16.2. The minimum atomic E-state index is -4.64. The van der Waals surface area contributed by atoms with Gasteiger partial charge in [-0.2, -0.15) is 13.2 Å². The topological polar surface area (TPSA) is 75.7 Å². The molecule has 3 rings (SSSR count). The van der Waals surface area contributed by atoms with Gasteiger partial charge in [0.25, 0.3) is 5.91 Å². The van der Waals surface area contributed by atoms with Crippen molar-refractivity contribution in [3.63, 3.8) is 0 Å². The van der Waals surface area contributed by atoms with Crippen molar-refractivity contribution in [1.82, 2.24) is 4.90 Å². The molecule has 0 radical (unpaired) electrons. The van der Waals surface area contributed by atoms with E-state index in [0.717, 1.165) is 17.0 Å². The number of cyclic esters (lactones) is 1. The first-order chi connectivity index (χ1) is 14.0. The van der Waals surface area contributed by atoms with Crippen LogP contribution in [0.3, 0.4) is 0 Å². The molecule has 0 spiro atoms. The summed E-state index contributed by atoms with van der Waals surface area (Å²) >= 11 is 0. The summed E-state index contributed by atoms with van der Waals surface area (Å²) in [4.78, 5) is 38.4. The number of carbonyl (C=O) groups excluding carboxylic acids is 3. The van der Waals surface area contributed by atoms with E-state index < -0.39 is 47.4 Å². The van der Waals surface area contributed by atoms with Gasteiger partial charge in [-0.15, -0.1) is 0 Å². The van der Waals surface area contributed by atoms with Crippen LogP contribution < -0.4 is 5.32 Å². The van der Waals surface area contributed by atoms with Gasteiger partial charge >= 0.3 is 12.1 Å². The molecule has 0 fully saturated rings. The van der Waals surface area contributed by atoms with Crippen molar-refractivity contribution in [3.8, 4) is 0 Å². The molecule has 0 aromatic heterocycles. The van der Waals surface area contributed by atoms with Crippen molar-refractivity contribution in [2.75, 3.05) is 18.9 Å². The van der Waals surface area contributed by atoms with Crippen molar-refractivity contribution in [1.29, 1.82) is 0 Å². The second-order valence-corrected chi connectivity index (χ2v) is 7.21. The summed E-state index contributed by atoms with van der Waals surface area (Å²) in [6.07, 6.45) is -4.51. The molecule has 1 unspecified atom stereocenters. The maximum atomic E-state index is 13.1. The summed E-state index contributed by atoms with van der Waals surface area (Å²) in [6, 6.07) is 11.3. The molecule has 9 heteroatoms. The van der Waals surface area contributed by atoms with Crippen molar-refractivity contribution in [3.05, 3.63) is 65.2 Å². The van der Waals surface area contributed by atoms with E-state index in [1.54, 1.807) is 24.3 Å². The molecule has 0 bridgehead atoms. The minimum Gasteiger partial charge on any atom is -0.445 e. The lowest BCUT2D eigenvalue weighted by atomic mass is 9.89. The number of para-hydroxylation sites is 1. The number of alkyl halides is 3. The number of hydrogen-bond acceptors (Lipinski definition) is 4. The van der Waals surface area contributed by atoms with Crippen LogP contribution in [-0.2, 0) is 26.9 Å². The molecule has 2 aromatic rings. The number of esters is 1. The molecule has 1 atom stereocenters. The highest BCUT2D eigenvalue weighted by Crippen LogP contribution is 2.34. The Morgan fingerprint density at radius 2 is 1.77 bits per heavy atom. The zero-order valence-electron chi connectivity index (χ0n) is 16.2. The molecule has 2 aromatic carbocycles. The Morgan fingerprint density at radius 3 is 2.47 bits per heavy atom. The van der Waals surface area contributed by atoms with Crippen LogP contribution in [0.1, 0.15) is 28.4 Å². The van der Waals surface area contributed by atoms with Gasteiger partial charge in [0.1, 0.15) is 0 Å². The Hall–Kier alpha value is -3.36. The number of nitrogens with one attached hydrogen (secondary N) is 1. The van der Waals surface area contributed by atoms with Crippen LogP contribution >= 0.6 is 0 Å². The third kappa shape index (κ3) is 4.29. The normalized spacial score (nSPS) is 18.2. The number of rotatable bonds is 4. The van der Waals surface area contributed by atoms with Crippen LogP contribution in [0.5, 0.6) is 0 Å². The number of carbonyl (C=O) groups is 3. The third-order valence-corrected chi connectivity index (χ3v) is 4.77. The Bertz CT molecular complexity index is 1010. The summed E-state index contributed by atoms with van der Waals surface area (Å²) in [5.41, 5.74) is -1.91. The molecule has 1 N–H and O–H groups in total. The maximum absolute atomic E-state index is 13.1. The number of halogens is 3. The molecule has 0 saturated carbocycles. The molecule has 1 aliphatic heterocycles. The first-order valence-electron chi connectivity index (χ1n) is 9.04. The highest BCUT2D eigenvalue weighted by molar-refractivity contribution is 5.99. The predicted molar refractivity (Wildman–Crippen MR) is 102 cm³/mol. The van der Waals surface area contributed by atoms with Gasteiger partial charge in [0.2, 0.25) is 5.91 Å². The molecular formula is C21H19F3N2O4. The first kappa shape index (κ1) is 21.4. The lowest BCUT2D eigenvalue weighted by molar-refractivity contribution is -0.151. The quantitative estimate of drug-likeness (QED) is 0.771. The minimum absolute atomic E-state index is 0.122. The number of hydrogen-bond donors (Lipinski definition) is 1. The van der Waals surface area contributed by atoms with Gasteiger partial charge in [0, 0.05) is 13.5 Å². The van der Waals surface area contributed by atoms with Crippen molar-refractivity contribution >= 4 is 23.5 Å². The number of benzene rings is 2. The van der Waals surface area contributed by atoms with Gasteiger partial charge in [-0.1, -0.05) is 30.3 Å². The smallest absolute Gasteiger partial charge is 0.418 e. The van der Waals surface area contributed by atoms with Crippen LogP contribution in [0.15, 0.2) is 48.5 Å². The van der Waals surface area contributed by atoms with E-state index in [4.69, 9.17) is 4.74 Å². The van der Waals surface area contributed by atoms with E-state index in [-0.39, 0.29) is 6.42 Å². The van der Waals surface area contributed by atoms with Gasteiger partial charge in [-0.25, -0.2) is 4.79 Å². The van der Waals surface area contributed by atoms with Crippen LogP contribution in [0.2, 0.25) is 0 Å². The molecule has 1 heterocycles. The van der Waals surface area contributed by atoms with E-state index in [1.165, 1.54) is 26.1 Å². The lowest BCUT2D eigenvalue weighted by Crippen LogP contribution is -2.53.